The Bertz CT molecular complexity index is 1250. The first-order chi connectivity index (χ1) is 14.9. The second kappa shape index (κ2) is 8.18. The first kappa shape index (κ1) is 20.5. The third kappa shape index (κ3) is 3.99. The number of nitrogens with one attached hydrogen (secondary N) is 1. The maximum atomic E-state index is 13.4. The monoisotopic (exact) mass is 418 g/mol. The van der Waals surface area contributed by atoms with E-state index in [1.54, 1.807) is 30.0 Å². The van der Waals surface area contributed by atoms with Gasteiger partial charge >= 0.3 is 0 Å². The Morgan fingerprint density at radius 1 is 1.10 bits per heavy atom. The maximum absolute atomic E-state index is 13.4. The minimum Gasteiger partial charge on any atom is -0.497 e. The fourth-order valence-electron chi connectivity index (χ4n) is 3.61. The molecule has 0 aliphatic heterocycles. The average molecular weight is 418 g/mol. The van der Waals surface area contributed by atoms with Gasteiger partial charge in [0.25, 0.3) is 5.91 Å². The van der Waals surface area contributed by atoms with Gasteiger partial charge < -0.3 is 10.1 Å². The number of amides is 1. The third-order valence-corrected chi connectivity index (χ3v) is 5.22. The second-order valence-electron chi connectivity index (χ2n) is 7.45. The van der Waals surface area contributed by atoms with Crippen LogP contribution in [0.25, 0.3) is 16.7 Å². The van der Waals surface area contributed by atoms with E-state index in [0.717, 1.165) is 11.3 Å². The number of methoxy groups -OCH3 is 1. The molecule has 0 radical (unpaired) electrons. The molecule has 4 aromatic rings. The Kier molecular flexibility index (Phi) is 5.42. The molecular formula is C24H23FN4O2. The van der Waals surface area contributed by atoms with Gasteiger partial charge in [0.1, 0.15) is 11.6 Å². The molecule has 0 saturated carbocycles. The molecule has 0 fully saturated rings. The highest BCUT2D eigenvalue weighted by Gasteiger charge is 2.21. The lowest BCUT2D eigenvalue weighted by Gasteiger charge is -2.15. The molecule has 1 atom stereocenters. The van der Waals surface area contributed by atoms with Crippen molar-refractivity contribution < 1.29 is 13.9 Å². The first-order valence-corrected chi connectivity index (χ1v) is 9.95. The van der Waals surface area contributed by atoms with Gasteiger partial charge in [-0.1, -0.05) is 12.1 Å². The highest BCUT2D eigenvalue weighted by Crippen LogP contribution is 2.26. The molecule has 1 N–H and O–H groups in total. The topological polar surface area (TPSA) is 69.0 Å². The van der Waals surface area contributed by atoms with E-state index in [0.29, 0.717) is 33.7 Å². The highest BCUT2D eigenvalue weighted by atomic mass is 19.1. The molecule has 0 spiro atoms. The molecule has 7 heteroatoms. The number of ether oxygens (including phenoxy) is 1. The largest absolute Gasteiger partial charge is 0.497 e. The molecule has 2 aromatic carbocycles. The lowest BCUT2D eigenvalue weighted by molar-refractivity contribution is 0.0941. The molecule has 4 rings (SSSR count). The van der Waals surface area contributed by atoms with E-state index in [9.17, 15) is 9.18 Å². The number of rotatable bonds is 5. The quantitative estimate of drug-likeness (QED) is 0.511. The number of hydrogen-bond acceptors (Lipinski definition) is 4. The normalized spacial score (nSPS) is 12.0. The standard InChI is InChI=1S/C24H23FN4O2/c1-14-13-21(24(30)27-15(2)17-5-11-20(31-4)12-6-17)22-16(3)28-29(23(22)26-14)19-9-7-18(25)8-10-19/h5-13,15H,1-4H3,(H,27,30)/t15-/m0/s1. The zero-order valence-corrected chi connectivity index (χ0v) is 17.8. The number of halogens is 1. The molecule has 0 aliphatic rings. The number of aromatic nitrogens is 3. The zero-order chi connectivity index (χ0) is 22.1. The molecule has 2 heterocycles. The van der Waals surface area contributed by atoms with Crippen molar-refractivity contribution in [2.75, 3.05) is 7.11 Å². The van der Waals surface area contributed by atoms with Crippen LogP contribution in [0.5, 0.6) is 5.75 Å². The molecule has 31 heavy (non-hydrogen) atoms. The van der Waals surface area contributed by atoms with E-state index in [1.807, 2.05) is 45.0 Å². The van der Waals surface area contributed by atoms with Crippen molar-refractivity contribution in [3.8, 4) is 11.4 Å². The van der Waals surface area contributed by atoms with Crippen molar-refractivity contribution in [2.45, 2.75) is 26.8 Å². The van der Waals surface area contributed by atoms with Gasteiger partial charge in [-0.2, -0.15) is 5.10 Å². The van der Waals surface area contributed by atoms with Gasteiger partial charge in [0.2, 0.25) is 0 Å². The van der Waals surface area contributed by atoms with Crippen LogP contribution in [-0.4, -0.2) is 27.8 Å². The smallest absolute Gasteiger partial charge is 0.252 e. The third-order valence-electron chi connectivity index (χ3n) is 5.22. The Hall–Kier alpha value is -3.74. The number of fused-ring (bicyclic) bond motifs is 1. The fraction of sp³-hybridized carbons (Fsp3) is 0.208. The van der Waals surface area contributed by atoms with Gasteiger partial charge in [-0.05, 0) is 68.8 Å². The number of carbonyl (C=O) groups is 1. The molecule has 2 aromatic heterocycles. The summed E-state index contributed by atoms with van der Waals surface area (Å²) in [5, 5.41) is 8.30. The summed E-state index contributed by atoms with van der Waals surface area (Å²) < 4.78 is 20.2. The van der Waals surface area contributed by atoms with Crippen molar-refractivity contribution >= 4 is 16.9 Å². The molecule has 158 valence electrons. The molecular weight excluding hydrogens is 395 g/mol. The molecule has 0 unspecified atom stereocenters. The van der Waals surface area contributed by atoms with Crippen molar-refractivity contribution in [2.24, 2.45) is 0 Å². The van der Waals surface area contributed by atoms with Crippen LogP contribution in [0.15, 0.2) is 54.6 Å². The summed E-state index contributed by atoms with van der Waals surface area (Å²) in [7, 11) is 1.62. The maximum Gasteiger partial charge on any atom is 0.252 e. The minimum atomic E-state index is -0.325. The molecule has 0 aliphatic carbocycles. The van der Waals surface area contributed by atoms with Gasteiger partial charge in [0, 0.05) is 5.69 Å². The van der Waals surface area contributed by atoms with Crippen molar-refractivity contribution in [3.63, 3.8) is 0 Å². The lowest BCUT2D eigenvalue weighted by Crippen LogP contribution is -2.27. The van der Waals surface area contributed by atoms with E-state index >= 15 is 0 Å². The van der Waals surface area contributed by atoms with E-state index in [-0.39, 0.29) is 17.8 Å². The summed E-state index contributed by atoms with van der Waals surface area (Å²) in [6.45, 7) is 5.60. The van der Waals surface area contributed by atoms with Crippen molar-refractivity contribution in [1.29, 1.82) is 0 Å². The SMILES string of the molecule is COc1ccc([C@H](C)NC(=O)c2cc(C)nc3c2c(C)nn3-c2ccc(F)cc2)cc1. The molecule has 1 amide bonds. The lowest BCUT2D eigenvalue weighted by atomic mass is 10.1. The zero-order valence-electron chi connectivity index (χ0n) is 17.8. The summed E-state index contributed by atoms with van der Waals surface area (Å²) in [5.74, 6) is 0.229. The number of aryl methyl sites for hydroxylation is 2. The van der Waals surface area contributed by atoms with Crippen LogP contribution >= 0.6 is 0 Å². The van der Waals surface area contributed by atoms with Crippen LogP contribution < -0.4 is 10.1 Å². The minimum absolute atomic E-state index is 0.200. The predicted molar refractivity (Wildman–Crippen MR) is 117 cm³/mol. The number of hydrogen-bond donors (Lipinski definition) is 1. The Morgan fingerprint density at radius 2 is 1.77 bits per heavy atom. The van der Waals surface area contributed by atoms with Crippen LogP contribution in [-0.2, 0) is 0 Å². The van der Waals surface area contributed by atoms with Crippen molar-refractivity contribution in [3.05, 3.63) is 82.9 Å². The number of benzene rings is 2. The van der Waals surface area contributed by atoms with Gasteiger partial charge in [-0.25, -0.2) is 14.1 Å². The van der Waals surface area contributed by atoms with E-state index in [2.05, 4.69) is 15.4 Å². The Balaban J connectivity index is 1.71. The molecule has 0 bridgehead atoms. The average Bonchev–Trinajstić information content (AvgIpc) is 3.09. The van der Waals surface area contributed by atoms with E-state index in [1.165, 1.54) is 12.1 Å². The molecule has 0 saturated heterocycles. The summed E-state index contributed by atoms with van der Waals surface area (Å²) in [6, 6.07) is 15.2. The van der Waals surface area contributed by atoms with Crippen LogP contribution in [0.2, 0.25) is 0 Å². The first-order valence-electron chi connectivity index (χ1n) is 9.95. The van der Waals surface area contributed by atoms with E-state index in [4.69, 9.17) is 4.74 Å². The number of pyridine rings is 1. The summed E-state index contributed by atoms with van der Waals surface area (Å²) in [6.07, 6.45) is 0. The van der Waals surface area contributed by atoms with Crippen molar-refractivity contribution in [1.82, 2.24) is 20.1 Å². The van der Waals surface area contributed by atoms with Crippen LogP contribution in [0.1, 0.15) is 40.3 Å². The van der Waals surface area contributed by atoms with Gasteiger partial charge in [0.15, 0.2) is 5.65 Å². The van der Waals surface area contributed by atoms with Crippen LogP contribution in [0, 0.1) is 19.7 Å². The fourth-order valence-corrected chi connectivity index (χ4v) is 3.61. The van der Waals surface area contributed by atoms with Crippen LogP contribution in [0.3, 0.4) is 0 Å². The summed E-state index contributed by atoms with van der Waals surface area (Å²) in [5.41, 5.74) is 4.08. The van der Waals surface area contributed by atoms with Gasteiger partial charge in [0.05, 0.1) is 35.5 Å². The molecule has 6 nitrogen and oxygen atoms in total. The highest BCUT2D eigenvalue weighted by molar-refractivity contribution is 6.07. The van der Waals surface area contributed by atoms with Gasteiger partial charge in [-0.15, -0.1) is 0 Å². The van der Waals surface area contributed by atoms with Gasteiger partial charge in [-0.3, -0.25) is 4.79 Å². The number of carbonyl (C=O) groups excluding carboxylic acids is 1. The van der Waals surface area contributed by atoms with E-state index < -0.39 is 0 Å². The Morgan fingerprint density at radius 3 is 2.42 bits per heavy atom. The number of nitrogens with zero attached hydrogens (tertiary/aromatic N) is 3. The Labute approximate surface area is 179 Å². The summed E-state index contributed by atoms with van der Waals surface area (Å²) in [4.78, 5) is 17.8. The second-order valence-corrected chi connectivity index (χ2v) is 7.45. The summed E-state index contributed by atoms with van der Waals surface area (Å²) >= 11 is 0. The predicted octanol–water partition coefficient (Wildman–Crippen LogP) is 4.68. The van der Waals surface area contributed by atoms with Crippen LogP contribution in [0.4, 0.5) is 4.39 Å².